The summed E-state index contributed by atoms with van der Waals surface area (Å²) in [6.45, 7) is 14.2. The van der Waals surface area contributed by atoms with E-state index in [0.717, 1.165) is 0 Å². The molecule has 0 saturated carbocycles. The fourth-order valence-electron chi connectivity index (χ4n) is 4.30. The first-order valence-electron chi connectivity index (χ1n) is 10.6. The minimum Gasteiger partial charge on any atom is -1.00 e. The van der Waals surface area contributed by atoms with Crippen LogP contribution in [0.2, 0.25) is 0 Å². The van der Waals surface area contributed by atoms with Crippen molar-refractivity contribution in [2.45, 2.75) is 54.0 Å². The maximum absolute atomic E-state index is 4.30. The Hall–Kier alpha value is -0.453. The van der Waals surface area contributed by atoms with E-state index in [9.17, 15) is 0 Å². The number of nitrogens with one attached hydrogen (secondary N) is 1. The maximum atomic E-state index is 4.30. The molecule has 0 radical (unpaired) electrons. The summed E-state index contributed by atoms with van der Waals surface area (Å²) >= 11 is -2.36. The molecule has 0 bridgehead atoms. The zero-order chi connectivity index (χ0) is 20.3. The van der Waals surface area contributed by atoms with Gasteiger partial charge in [0.05, 0.1) is 0 Å². The van der Waals surface area contributed by atoms with Crippen molar-refractivity contribution in [1.82, 2.24) is 3.30 Å². The van der Waals surface area contributed by atoms with Crippen LogP contribution >= 0.6 is 0 Å². The maximum Gasteiger partial charge on any atom is -1.00 e. The average Bonchev–Trinajstić information content (AvgIpc) is 2.92. The Kier molecular flexibility index (Phi) is 11.5. The fourth-order valence-corrected chi connectivity index (χ4v) is 37.5. The van der Waals surface area contributed by atoms with Crippen LogP contribution in [0.3, 0.4) is 0 Å². The van der Waals surface area contributed by atoms with E-state index in [4.69, 9.17) is 0 Å². The summed E-state index contributed by atoms with van der Waals surface area (Å²) in [6.07, 6.45) is 1.20. The van der Waals surface area contributed by atoms with Crippen molar-refractivity contribution < 1.29 is 45.7 Å². The number of hydrogen-bond acceptors (Lipinski definition) is 1. The third kappa shape index (κ3) is 5.86. The van der Waals surface area contributed by atoms with Crippen molar-refractivity contribution in [2.24, 2.45) is 5.92 Å². The largest absolute Gasteiger partial charge is 1.00 e. The third-order valence-electron chi connectivity index (χ3n) is 6.50. The van der Waals surface area contributed by atoms with Gasteiger partial charge >= 0.3 is 181 Å². The van der Waals surface area contributed by atoms with E-state index in [1.54, 1.807) is 27.1 Å². The van der Waals surface area contributed by atoms with Gasteiger partial charge in [0.2, 0.25) is 0 Å². The topological polar surface area (TPSA) is 12.0 Å². The van der Waals surface area contributed by atoms with Gasteiger partial charge in [0.1, 0.15) is 0 Å². The third-order valence-corrected chi connectivity index (χ3v) is 34.4. The van der Waals surface area contributed by atoms with Crippen molar-refractivity contribution in [2.75, 3.05) is 0 Å². The zero-order valence-corrected chi connectivity index (χ0v) is 25.2. The summed E-state index contributed by atoms with van der Waals surface area (Å²) in [5.41, 5.74) is 4.74. The molecule has 161 valence electrons. The van der Waals surface area contributed by atoms with Gasteiger partial charge in [0.15, 0.2) is 0 Å². The van der Waals surface area contributed by atoms with Gasteiger partial charge in [-0.3, -0.25) is 0 Å². The van der Waals surface area contributed by atoms with Crippen molar-refractivity contribution in [1.29, 1.82) is 0 Å². The Labute approximate surface area is 204 Å². The second-order valence-electron chi connectivity index (χ2n) is 8.19. The molecule has 2 aromatic rings. The van der Waals surface area contributed by atoms with E-state index < -0.39 is 26.9 Å². The quantitative estimate of drug-likeness (QED) is 0.378. The van der Waals surface area contributed by atoms with Crippen molar-refractivity contribution >= 4 is 16.4 Å². The van der Waals surface area contributed by atoms with E-state index in [1.165, 1.54) is 6.42 Å². The second-order valence-corrected chi connectivity index (χ2v) is 27.3. The number of hydrogen-bond donors (Lipinski definition) is 1. The molecule has 1 aliphatic carbocycles. The van der Waals surface area contributed by atoms with Crippen molar-refractivity contribution in [3.8, 4) is 0 Å². The van der Waals surface area contributed by atoms with Crippen LogP contribution in [0, 0.1) is 5.92 Å². The minimum absolute atomic E-state index is 0. The molecule has 0 saturated heterocycles. The molecule has 0 spiro atoms. The van der Waals surface area contributed by atoms with Gasteiger partial charge in [-0.25, -0.2) is 0 Å². The van der Waals surface area contributed by atoms with E-state index in [-0.39, 0.29) is 24.8 Å². The predicted octanol–water partition coefficient (Wildman–Crippen LogP) is -1.29. The van der Waals surface area contributed by atoms with E-state index in [2.05, 4.69) is 106 Å². The molecule has 3 rings (SSSR count). The summed E-state index contributed by atoms with van der Waals surface area (Å²) in [6, 6.07) is 23.4. The first-order chi connectivity index (χ1) is 13.5. The van der Waals surface area contributed by atoms with Gasteiger partial charge in [-0.2, -0.15) is 0 Å². The first kappa shape index (κ1) is 27.6. The molecule has 1 N–H and O–H groups in total. The van der Waals surface area contributed by atoms with Crippen LogP contribution in [0.5, 0.6) is 0 Å². The Morgan fingerprint density at radius 2 is 1.33 bits per heavy atom. The molecular formula is C25H34Cl2HfNSi. The Morgan fingerprint density at radius 1 is 0.867 bits per heavy atom. The molecule has 0 aromatic heterocycles. The van der Waals surface area contributed by atoms with Crippen LogP contribution in [0.25, 0.3) is 0 Å². The van der Waals surface area contributed by atoms with Gasteiger partial charge in [0, 0.05) is 0 Å². The molecule has 30 heavy (non-hydrogen) atoms. The molecule has 0 aliphatic heterocycles. The van der Waals surface area contributed by atoms with Gasteiger partial charge in [-0.05, 0) is 0 Å². The smallest absolute Gasteiger partial charge is 1.00 e. The number of benzene rings is 2. The van der Waals surface area contributed by atoms with Crippen molar-refractivity contribution in [3.63, 3.8) is 0 Å². The number of halogens is 2. The summed E-state index contributed by atoms with van der Waals surface area (Å²) in [7, 11) is 0. The van der Waals surface area contributed by atoms with Crippen LogP contribution in [-0.2, 0) is 20.9 Å². The first-order valence-corrected chi connectivity index (χ1v) is 22.1. The van der Waals surface area contributed by atoms with Crippen LogP contribution < -0.4 is 38.5 Å². The summed E-state index contributed by atoms with van der Waals surface area (Å²) in [4.78, 5) is 0. The van der Waals surface area contributed by atoms with E-state index in [1.807, 2.05) is 3.33 Å². The molecule has 0 heterocycles. The van der Waals surface area contributed by atoms with Crippen LogP contribution in [0.4, 0.5) is 0 Å². The Bertz CT molecular complexity index is 828. The molecule has 5 heteroatoms. The monoisotopic (exact) mass is 626 g/mol. The zero-order valence-electron chi connectivity index (χ0n) is 19.0. The minimum atomic E-state index is -2.36. The number of allylic oxidation sites excluding steroid dienone is 4. The molecule has 2 atom stereocenters. The standard InChI is InChI=1S/C12H11Si.C9H13.C4H10N.2ClH.Hf/c1-3-7-11(8-4-1)13-12-9-5-2-6-10-12;1-6-5-7(2)9(4)8(6)3;1-3-4(2)5;;;/h1-10,13H;6H,1-4H3;4-5H,3H2,1-2H3;2*1H;/q;;-1;;;+3/p-2. The molecule has 0 fully saturated rings. The van der Waals surface area contributed by atoms with Crippen LogP contribution in [-0.4, -0.2) is 12.0 Å². The predicted molar refractivity (Wildman–Crippen MR) is 122 cm³/mol. The van der Waals surface area contributed by atoms with E-state index in [0.29, 0.717) is 12.0 Å². The summed E-state index contributed by atoms with van der Waals surface area (Å²) in [5, 5.41) is 3.22. The Morgan fingerprint density at radius 3 is 1.70 bits per heavy atom. The molecule has 0 amide bonds. The second kappa shape index (κ2) is 12.5. The molecule has 2 aromatic carbocycles. The van der Waals surface area contributed by atoms with Crippen LogP contribution in [0.15, 0.2) is 80.7 Å². The summed E-state index contributed by atoms with van der Waals surface area (Å²) < 4.78 is 6.14. The van der Waals surface area contributed by atoms with Gasteiger partial charge in [-0.15, -0.1) is 0 Å². The van der Waals surface area contributed by atoms with Crippen molar-refractivity contribution in [3.05, 3.63) is 80.7 Å². The van der Waals surface area contributed by atoms with Gasteiger partial charge in [0.25, 0.3) is 0 Å². The van der Waals surface area contributed by atoms with Crippen LogP contribution in [0.1, 0.15) is 48.0 Å². The summed E-state index contributed by atoms with van der Waals surface area (Å²) in [5.74, 6) is -0.691. The van der Waals surface area contributed by atoms with Gasteiger partial charge in [-0.1, -0.05) is 0 Å². The average molecular weight is 626 g/mol. The normalized spacial score (nSPS) is 17.0. The molecule has 2 unspecified atom stereocenters. The van der Waals surface area contributed by atoms with Gasteiger partial charge < -0.3 is 24.8 Å². The number of rotatable bonds is 7. The molecule has 1 nitrogen and oxygen atoms in total. The molecule has 1 aliphatic rings. The molecular weight excluding hydrogens is 592 g/mol. The van der Waals surface area contributed by atoms with E-state index >= 15 is 0 Å². The fraction of sp³-hybridized carbons (Fsp3) is 0.360. The SMILES string of the molecule is CCC(C)[NH][Hf+2]([C]1=C(C)C(C)=C(C)C1C)[SiH](c1ccccc1)c1ccccc1.[Cl-].[Cl-]. The Balaban J connectivity index is 0.00000225.